The molecule has 1 heterocycles. The quantitative estimate of drug-likeness (QED) is 0.313. The molecule has 35 heavy (non-hydrogen) atoms. The molecule has 0 spiro atoms. The molecular weight excluding hydrogens is 445 g/mol. The van der Waals surface area contributed by atoms with E-state index in [1.54, 1.807) is 30.3 Å². The number of allylic oxidation sites excluding steroid dienone is 2. The highest BCUT2D eigenvalue weighted by atomic mass is 19.2. The summed E-state index contributed by atoms with van der Waals surface area (Å²) in [5.74, 6) is -1.53. The molecule has 3 atom stereocenters. The van der Waals surface area contributed by atoms with E-state index in [1.165, 1.54) is 0 Å². The summed E-state index contributed by atoms with van der Waals surface area (Å²) < 4.78 is 49.8. The maximum absolute atomic E-state index is 15.0. The van der Waals surface area contributed by atoms with Gasteiger partial charge in [-0.25, -0.2) is 13.2 Å². The van der Waals surface area contributed by atoms with Gasteiger partial charge in [-0.1, -0.05) is 72.8 Å². The first-order valence-electron chi connectivity index (χ1n) is 12.3. The topological polar surface area (TPSA) is 12.5 Å². The van der Waals surface area contributed by atoms with Gasteiger partial charge in [0.25, 0.3) is 0 Å². The van der Waals surface area contributed by atoms with Gasteiger partial charge < -0.3 is 4.74 Å². The molecule has 0 amide bonds. The Morgan fingerprint density at radius 1 is 0.829 bits per heavy atom. The van der Waals surface area contributed by atoms with Gasteiger partial charge >= 0.3 is 0 Å². The van der Waals surface area contributed by atoms with Gasteiger partial charge in [-0.05, 0) is 60.9 Å². The second-order valence-electron chi connectivity index (χ2n) is 9.51. The molecule has 0 radical (unpaired) electrons. The van der Waals surface area contributed by atoms with Crippen LogP contribution in [-0.2, 0) is 11.2 Å². The van der Waals surface area contributed by atoms with Crippen LogP contribution in [0.3, 0.4) is 0 Å². The lowest BCUT2D eigenvalue weighted by Crippen LogP contribution is -2.16. The molecule has 4 heteroatoms. The second kappa shape index (κ2) is 10.2. The molecule has 0 bridgehead atoms. The van der Waals surface area contributed by atoms with Crippen molar-refractivity contribution in [1.82, 2.24) is 0 Å². The number of ether oxygens (including phenoxy) is 1. The van der Waals surface area contributed by atoms with Crippen LogP contribution < -0.4 is 0 Å². The maximum Gasteiger partial charge on any atom is 0.167 e. The number of aryl methyl sites for hydroxylation is 1. The Labute approximate surface area is 205 Å². The molecule has 3 unspecified atom stereocenters. The molecule has 1 aliphatic heterocycles. The number of epoxide rings is 1. The van der Waals surface area contributed by atoms with Gasteiger partial charge in [0.15, 0.2) is 11.6 Å². The predicted molar refractivity (Wildman–Crippen MR) is 135 cm³/mol. The molecule has 0 saturated carbocycles. The van der Waals surface area contributed by atoms with Gasteiger partial charge in [-0.15, -0.1) is 0 Å². The highest BCUT2D eigenvalue weighted by molar-refractivity contribution is 5.72. The van der Waals surface area contributed by atoms with E-state index in [1.807, 2.05) is 55.5 Å². The van der Waals surface area contributed by atoms with Crippen LogP contribution in [0.4, 0.5) is 13.2 Å². The molecular formula is C31H29F3O. The van der Waals surface area contributed by atoms with Crippen LogP contribution in [0.15, 0.2) is 78.6 Å². The van der Waals surface area contributed by atoms with Crippen molar-refractivity contribution in [2.75, 3.05) is 6.61 Å². The van der Waals surface area contributed by atoms with Crippen molar-refractivity contribution in [2.24, 2.45) is 11.8 Å². The summed E-state index contributed by atoms with van der Waals surface area (Å²) in [4.78, 5) is 0. The van der Waals surface area contributed by atoms with Crippen molar-refractivity contribution >= 4 is 6.08 Å². The van der Waals surface area contributed by atoms with Crippen molar-refractivity contribution < 1.29 is 17.9 Å². The lowest BCUT2D eigenvalue weighted by atomic mass is 9.83. The zero-order valence-corrected chi connectivity index (χ0v) is 19.8. The largest absolute Gasteiger partial charge is 0.372 e. The summed E-state index contributed by atoms with van der Waals surface area (Å²) >= 11 is 0. The third kappa shape index (κ3) is 5.28. The van der Waals surface area contributed by atoms with Gasteiger partial charge in [-0.2, -0.15) is 0 Å². The lowest BCUT2D eigenvalue weighted by molar-refractivity contribution is 0.295. The molecule has 2 aliphatic rings. The van der Waals surface area contributed by atoms with Gasteiger partial charge in [0.1, 0.15) is 0 Å². The van der Waals surface area contributed by atoms with Crippen LogP contribution in [-0.4, -0.2) is 12.7 Å². The molecule has 1 fully saturated rings. The summed E-state index contributed by atoms with van der Waals surface area (Å²) in [6.07, 6.45) is 9.17. The Kier molecular flexibility index (Phi) is 6.92. The highest BCUT2D eigenvalue weighted by Crippen LogP contribution is 2.38. The maximum atomic E-state index is 15.0. The van der Waals surface area contributed by atoms with Crippen molar-refractivity contribution in [3.63, 3.8) is 0 Å². The number of hydrogen-bond donors (Lipinski definition) is 0. The average molecular weight is 475 g/mol. The van der Waals surface area contributed by atoms with Gasteiger partial charge in [-0.3, -0.25) is 0 Å². The molecule has 1 aliphatic carbocycles. The average Bonchev–Trinajstić information content (AvgIpc) is 3.72. The Hall–Kier alpha value is -3.11. The number of rotatable bonds is 7. The Morgan fingerprint density at radius 2 is 1.43 bits per heavy atom. The van der Waals surface area contributed by atoms with Crippen LogP contribution in [0.2, 0.25) is 0 Å². The zero-order chi connectivity index (χ0) is 24.4. The predicted octanol–water partition coefficient (Wildman–Crippen LogP) is 8.54. The van der Waals surface area contributed by atoms with E-state index < -0.39 is 11.6 Å². The fourth-order valence-electron chi connectivity index (χ4n) is 4.99. The molecule has 0 aromatic heterocycles. The van der Waals surface area contributed by atoms with Crippen molar-refractivity contribution in [3.05, 3.63) is 101 Å². The summed E-state index contributed by atoms with van der Waals surface area (Å²) in [5.41, 5.74) is 3.81. The van der Waals surface area contributed by atoms with E-state index in [0.717, 1.165) is 43.4 Å². The minimum atomic E-state index is -0.851. The van der Waals surface area contributed by atoms with Crippen molar-refractivity contribution in [1.29, 1.82) is 0 Å². The number of benzene rings is 3. The Morgan fingerprint density at radius 3 is 1.97 bits per heavy atom. The van der Waals surface area contributed by atoms with E-state index in [9.17, 15) is 8.78 Å². The third-order valence-corrected chi connectivity index (χ3v) is 7.16. The molecule has 1 nitrogen and oxygen atoms in total. The van der Waals surface area contributed by atoms with Crippen LogP contribution in [0.25, 0.3) is 28.3 Å². The van der Waals surface area contributed by atoms with Crippen molar-refractivity contribution in [3.8, 4) is 22.3 Å². The molecule has 1 saturated heterocycles. The standard InChI is InChI=1S/C31H29F3O/c1-2-3-20-4-9-22(10-5-20)26-16-17-27(31(34)30(26)33)23-11-6-21(7-12-23)8-13-24-14-15-25(18-28(24)32)29-19-35-29/h2-7,9-12,16-18,24-25,29H,8,13-15,19H2,1H3/b3-2+. The molecule has 0 N–H and O–H groups in total. The Bertz CT molecular complexity index is 1240. The molecule has 3 aromatic carbocycles. The minimum Gasteiger partial charge on any atom is -0.372 e. The smallest absolute Gasteiger partial charge is 0.167 e. The number of hydrogen-bond acceptors (Lipinski definition) is 1. The molecule has 5 rings (SSSR count). The molecule has 3 aromatic rings. The first kappa shape index (κ1) is 23.6. The van der Waals surface area contributed by atoms with E-state index in [4.69, 9.17) is 4.74 Å². The fraction of sp³-hybridized carbons (Fsp3) is 0.290. The SMILES string of the molecule is C/C=C/c1ccc(-c2ccc(-c3ccc(CCC4CCC(C5CO5)C=C4F)cc3)c(F)c2F)cc1. The van der Waals surface area contributed by atoms with Crippen LogP contribution >= 0.6 is 0 Å². The van der Waals surface area contributed by atoms with E-state index in [0.29, 0.717) is 11.1 Å². The minimum absolute atomic E-state index is 0.0116. The van der Waals surface area contributed by atoms with E-state index >= 15 is 4.39 Å². The Balaban J connectivity index is 1.26. The first-order chi connectivity index (χ1) is 17.0. The summed E-state index contributed by atoms with van der Waals surface area (Å²) in [7, 11) is 0. The lowest BCUT2D eigenvalue weighted by Gasteiger charge is -2.23. The summed E-state index contributed by atoms with van der Waals surface area (Å²) in [5, 5.41) is 0. The van der Waals surface area contributed by atoms with Gasteiger partial charge in [0.05, 0.1) is 18.5 Å². The normalized spacial score (nSPS) is 21.8. The van der Waals surface area contributed by atoms with E-state index in [-0.39, 0.29) is 34.9 Å². The summed E-state index contributed by atoms with van der Waals surface area (Å²) in [6.45, 7) is 2.69. The zero-order valence-electron chi connectivity index (χ0n) is 19.8. The van der Waals surface area contributed by atoms with Crippen LogP contribution in [0.1, 0.15) is 37.3 Å². The van der Waals surface area contributed by atoms with Crippen LogP contribution in [0, 0.1) is 23.5 Å². The molecule has 180 valence electrons. The summed E-state index contributed by atoms with van der Waals surface area (Å²) in [6, 6.07) is 18.1. The van der Waals surface area contributed by atoms with Gasteiger partial charge in [0, 0.05) is 23.0 Å². The third-order valence-electron chi connectivity index (χ3n) is 7.16. The second-order valence-corrected chi connectivity index (χ2v) is 9.51. The van der Waals surface area contributed by atoms with Crippen molar-refractivity contribution in [2.45, 2.75) is 38.7 Å². The first-order valence-corrected chi connectivity index (χ1v) is 12.3. The highest BCUT2D eigenvalue weighted by Gasteiger charge is 2.35. The van der Waals surface area contributed by atoms with Crippen LogP contribution in [0.5, 0.6) is 0 Å². The van der Waals surface area contributed by atoms with Gasteiger partial charge in [0.2, 0.25) is 0 Å². The fourth-order valence-corrected chi connectivity index (χ4v) is 4.99. The monoisotopic (exact) mass is 474 g/mol. The van der Waals surface area contributed by atoms with E-state index in [2.05, 4.69) is 0 Å². The number of halogens is 3.